The summed E-state index contributed by atoms with van der Waals surface area (Å²) >= 11 is 0. The van der Waals surface area contributed by atoms with Gasteiger partial charge in [0.05, 0.1) is 0 Å². The van der Waals surface area contributed by atoms with Gasteiger partial charge < -0.3 is 0 Å². The molecule has 0 nitrogen and oxygen atoms in total. The molecule has 0 atom stereocenters. The van der Waals surface area contributed by atoms with Crippen LogP contribution in [0.2, 0.25) is 0 Å². The van der Waals surface area contributed by atoms with Crippen LogP contribution in [0.5, 0.6) is 0 Å². The maximum absolute atomic E-state index is 15.0. The minimum Gasteiger partial charge on any atom is -0.206 e. The Labute approximate surface area is 209 Å². The lowest BCUT2D eigenvalue weighted by Gasteiger charge is -2.11. The first-order chi connectivity index (χ1) is 17.0. The zero-order chi connectivity index (χ0) is 25.0. The first-order valence-electron chi connectivity index (χ1n) is 13.4. The van der Waals surface area contributed by atoms with E-state index in [9.17, 15) is 13.2 Å². The maximum Gasteiger partial charge on any atom is 0.167 e. The largest absolute Gasteiger partial charge is 0.206 e. The van der Waals surface area contributed by atoms with Crippen molar-refractivity contribution in [3.63, 3.8) is 0 Å². The van der Waals surface area contributed by atoms with Gasteiger partial charge >= 0.3 is 0 Å². The van der Waals surface area contributed by atoms with Crippen LogP contribution in [-0.2, 0) is 12.8 Å². The fourth-order valence-electron chi connectivity index (χ4n) is 4.62. The highest BCUT2D eigenvalue weighted by Gasteiger charge is 2.17. The Bertz CT molecular complexity index is 1050. The van der Waals surface area contributed by atoms with Gasteiger partial charge in [-0.2, -0.15) is 0 Å². The van der Waals surface area contributed by atoms with Crippen molar-refractivity contribution in [2.24, 2.45) is 0 Å². The molecule has 0 saturated heterocycles. The summed E-state index contributed by atoms with van der Waals surface area (Å²) in [5.74, 6) is -2.38. The number of benzene rings is 3. The molecule has 3 heteroatoms. The molecule has 0 N–H and O–H groups in total. The number of rotatable bonds is 14. The summed E-state index contributed by atoms with van der Waals surface area (Å²) in [5.41, 5.74) is 3.34. The van der Waals surface area contributed by atoms with Crippen LogP contribution in [0.3, 0.4) is 0 Å². The SMILES string of the molecule is CCCCCCCCCc1ccc(-c2ccc(-c3ccc(CCCCC)c(F)c3F)c(F)c2)cc1. The third-order valence-corrected chi connectivity index (χ3v) is 6.83. The van der Waals surface area contributed by atoms with Crippen molar-refractivity contribution in [1.29, 1.82) is 0 Å². The molecule has 0 radical (unpaired) electrons. The van der Waals surface area contributed by atoms with E-state index in [2.05, 4.69) is 26.0 Å². The molecule has 0 saturated carbocycles. The molecule has 0 aliphatic rings. The highest BCUT2D eigenvalue weighted by molar-refractivity contribution is 5.71. The fraction of sp³-hybridized carbons (Fsp3) is 0.438. The van der Waals surface area contributed by atoms with Gasteiger partial charge in [-0.1, -0.05) is 114 Å². The number of hydrogen-bond acceptors (Lipinski definition) is 0. The summed E-state index contributed by atoms with van der Waals surface area (Å²) in [6.45, 7) is 4.30. The van der Waals surface area contributed by atoms with Gasteiger partial charge in [-0.15, -0.1) is 0 Å². The van der Waals surface area contributed by atoms with Crippen molar-refractivity contribution >= 4 is 0 Å². The third-order valence-electron chi connectivity index (χ3n) is 6.83. The topological polar surface area (TPSA) is 0 Å². The van der Waals surface area contributed by atoms with E-state index in [1.165, 1.54) is 62.6 Å². The Balaban J connectivity index is 1.63. The van der Waals surface area contributed by atoms with E-state index in [0.29, 0.717) is 12.0 Å². The van der Waals surface area contributed by atoms with Gasteiger partial charge in [-0.25, -0.2) is 13.2 Å². The van der Waals surface area contributed by atoms with Crippen LogP contribution in [0, 0.1) is 17.5 Å². The van der Waals surface area contributed by atoms with Crippen molar-refractivity contribution in [1.82, 2.24) is 0 Å². The zero-order valence-electron chi connectivity index (χ0n) is 21.3. The molecule has 35 heavy (non-hydrogen) atoms. The van der Waals surface area contributed by atoms with Crippen LogP contribution in [0.1, 0.15) is 89.2 Å². The molecule has 0 fully saturated rings. The van der Waals surface area contributed by atoms with Crippen LogP contribution in [0.25, 0.3) is 22.3 Å². The molecular formula is C32H39F3. The molecule has 0 bridgehead atoms. The number of aryl methyl sites for hydroxylation is 2. The van der Waals surface area contributed by atoms with Gasteiger partial charge in [0.15, 0.2) is 11.6 Å². The Kier molecular flexibility index (Phi) is 10.9. The van der Waals surface area contributed by atoms with Crippen molar-refractivity contribution < 1.29 is 13.2 Å². The summed E-state index contributed by atoms with van der Waals surface area (Å²) in [7, 11) is 0. The van der Waals surface area contributed by atoms with Crippen LogP contribution in [0.4, 0.5) is 13.2 Å². The normalized spacial score (nSPS) is 11.2. The van der Waals surface area contributed by atoms with Gasteiger partial charge in [-0.3, -0.25) is 0 Å². The molecule has 0 aliphatic carbocycles. The lowest BCUT2D eigenvalue weighted by atomic mass is 9.96. The molecule has 188 valence electrons. The Morgan fingerprint density at radius 1 is 0.514 bits per heavy atom. The van der Waals surface area contributed by atoms with Crippen LogP contribution in [0.15, 0.2) is 54.6 Å². The summed E-state index contributed by atoms with van der Waals surface area (Å²) < 4.78 is 44.3. The highest BCUT2D eigenvalue weighted by atomic mass is 19.2. The third kappa shape index (κ3) is 7.72. The summed E-state index contributed by atoms with van der Waals surface area (Å²) in [4.78, 5) is 0. The molecule has 3 aromatic rings. The fourth-order valence-corrected chi connectivity index (χ4v) is 4.62. The number of hydrogen-bond donors (Lipinski definition) is 0. The van der Waals surface area contributed by atoms with E-state index in [1.807, 2.05) is 12.1 Å². The van der Waals surface area contributed by atoms with Gasteiger partial charge in [0.25, 0.3) is 0 Å². The van der Waals surface area contributed by atoms with Crippen molar-refractivity contribution in [3.8, 4) is 22.3 Å². The second kappa shape index (κ2) is 14.1. The molecule has 0 aliphatic heterocycles. The predicted molar refractivity (Wildman–Crippen MR) is 142 cm³/mol. The van der Waals surface area contributed by atoms with E-state index < -0.39 is 17.5 Å². The van der Waals surface area contributed by atoms with E-state index in [0.717, 1.165) is 36.8 Å². The molecule has 0 amide bonds. The Morgan fingerprint density at radius 2 is 1.09 bits per heavy atom. The first kappa shape index (κ1) is 27.0. The first-order valence-corrected chi connectivity index (χ1v) is 13.4. The predicted octanol–water partition coefficient (Wildman–Crippen LogP) is 10.5. The van der Waals surface area contributed by atoms with E-state index in [-0.39, 0.29) is 11.1 Å². The quantitative estimate of drug-likeness (QED) is 0.201. The average Bonchev–Trinajstić information content (AvgIpc) is 2.87. The van der Waals surface area contributed by atoms with Crippen molar-refractivity contribution in [3.05, 3.63) is 83.2 Å². The van der Waals surface area contributed by atoms with Gasteiger partial charge in [0.2, 0.25) is 0 Å². The summed E-state index contributed by atoms with van der Waals surface area (Å²) in [6.07, 6.45) is 13.4. The molecule has 3 rings (SSSR count). The standard InChI is InChI=1S/C32H39F3/c1-3-5-7-8-9-10-12-13-24-15-17-25(18-16-24)27-20-21-28(30(33)23-27)29-22-19-26(14-11-6-4-2)31(34)32(29)35/h15-23H,3-14H2,1-2H3. The van der Waals surface area contributed by atoms with Gasteiger partial charge in [-0.05, 0) is 54.0 Å². The lowest BCUT2D eigenvalue weighted by Crippen LogP contribution is -1.99. The van der Waals surface area contributed by atoms with Crippen LogP contribution in [-0.4, -0.2) is 0 Å². The van der Waals surface area contributed by atoms with E-state index in [4.69, 9.17) is 0 Å². The lowest BCUT2D eigenvalue weighted by molar-refractivity contribution is 0.497. The average molecular weight is 481 g/mol. The summed E-state index contributed by atoms with van der Waals surface area (Å²) in [6, 6.07) is 16.0. The maximum atomic E-state index is 15.0. The van der Waals surface area contributed by atoms with Crippen molar-refractivity contribution in [2.45, 2.75) is 90.9 Å². The zero-order valence-corrected chi connectivity index (χ0v) is 21.3. The highest BCUT2D eigenvalue weighted by Crippen LogP contribution is 2.32. The molecule has 0 unspecified atom stereocenters. The van der Waals surface area contributed by atoms with Crippen LogP contribution >= 0.6 is 0 Å². The van der Waals surface area contributed by atoms with E-state index in [1.54, 1.807) is 18.2 Å². The Morgan fingerprint density at radius 3 is 1.77 bits per heavy atom. The van der Waals surface area contributed by atoms with Crippen LogP contribution < -0.4 is 0 Å². The monoisotopic (exact) mass is 480 g/mol. The summed E-state index contributed by atoms with van der Waals surface area (Å²) in [5, 5.41) is 0. The van der Waals surface area contributed by atoms with Gasteiger partial charge in [0.1, 0.15) is 5.82 Å². The molecule has 0 heterocycles. The molecule has 3 aromatic carbocycles. The molecule has 0 spiro atoms. The second-order valence-corrected chi connectivity index (χ2v) is 9.62. The number of halogens is 3. The van der Waals surface area contributed by atoms with Crippen molar-refractivity contribution in [2.75, 3.05) is 0 Å². The Hall–Kier alpha value is -2.55. The number of unbranched alkanes of at least 4 members (excludes halogenated alkanes) is 8. The second-order valence-electron chi connectivity index (χ2n) is 9.62. The molecule has 0 aromatic heterocycles. The smallest absolute Gasteiger partial charge is 0.167 e. The van der Waals surface area contributed by atoms with E-state index >= 15 is 0 Å². The minimum atomic E-state index is -0.972. The minimum absolute atomic E-state index is 0.0316. The van der Waals surface area contributed by atoms with Gasteiger partial charge in [0, 0.05) is 11.1 Å². The molecular weight excluding hydrogens is 441 g/mol.